The van der Waals surface area contributed by atoms with E-state index in [1.54, 1.807) is 6.07 Å². The van der Waals surface area contributed by atoms with Crippen molar-refractivity contribution in [3.63, 3.8) is 0 Å². The molecule has 0 amide bonds. The Hall–Kier alpha value is -1.91. The van der Waals surface area contributed by atoms with Crippen LogP contribution in [0.3, 0.4) is 0 Å². The van der Waals surface area contributed by atoms with Crippen molar-refractivity contribution in [3.05, 3.63) is 65.5 Å². The lowest BCUT2D eigenvalue weighted by Gasteiger charge is -2.31. The maximum absolute atomic E-state index is 14.6. The fourth-order valence-corrected chi connectivity index (χ4v) is 3.53. The van der Waals surface area contributed by atoms with Gasteiger partial charge in [-0.1, -0.05) is 36.4 Å². The zero-order chi connectivity index (χ0) is 21.9. The fourth-order valence-electron chi connectivity index (χ4n) is 3.53. The summed E-state index contributed by atoms with van der Waals surface area (Å²) in [5.74, 6) is 0.441. The minimum absolute atomic E-state index is 0. The van der Waals surface area contributed by atoms with Crippen LogP contribution in [-0.2, 0) is 17.9 Å². The van der Waals surface area contributed by atoms with Crippen molar-refractivity contribution >= 4 is 35.6 Å². The van der Waals surface area contributed by atoms with Crippen LogP contribution in [0.2, 0.25) is 0 Å². The molecule has 3 N–H and O–H groups in total. The van der Waals surface area contributed by atoms with Crippen LogP contribution in [0.1, 0.15) is 30.9 Å². The van der Waals surface area contributed by atoms with Gasteiger partial charge in [-0.2, -0.15) is 0 Å². The number of hydrogen-bond acceptors (Lipinski definition) is 4. The van der Waals surface area contributed by atoms with Gasteiger partial charge >= 0.3 is 0 Å². The number of halogens is 2. The number of piperidine rings is 1. The molecule has 1 aliphatic heterocycles. The van der Waals surface area contributed by atoms with Crippen LogP contribution >= 0.6 is 24.0 Å². The van der Waals surface area contributed by atoms with Crippen LogP contribution in [0, 0.1) is 5.82 Å². The number of aliphatic imine (C=N–C) groups is 1. The number of guanidine groups is 1. The van der Waals surface area contributed by atoms with Crippen molar-refractivity contribution in [3.8, 4) is 0 Å². The lowest BCUT2D eigenvalue weighted by Crippen LogP contribution is -2.39. The second kappa shape index (κ2) is 14.3. The second-order valence-corrected chi connectivity index (χ2v) is 7.66. The SMILES string of the molecule is CCNC(=NCc1ccc(N2CCC(O)CC2)c(F)c1)NCCOCc1ccccc1.I. The fraction of sp³-hybridized carbons (Fsp3) is 0.458. The van der Waals surface area contributed by atoms with E-state index in [1.165, 1.54) is 0 Å². The van der Waals surface area contributed by atoms with E-state index in [0.717, 1.165) is 17.7 Å². The molecule has 8 heteroatoms. The third kappa shape index (κ3) is 8.55. The zero-order valence-corrected chi connectivity index (χ0v) is 20.9. The summed E-state index contributed by atoms with van der Waals surface area (Å²) >= 11 is 0. The summed E-state index contributed by atoms with van der Waals surface area (Å²) in [6, 6.07) is 15.3. The van der Waals surface area contributed by atoms with Gasteiger partial charge in [0.2, 0.25) is 0 Å². The molecular formula is C24H34FIN4O2. The number of rotatable bonds is 9. The molecule has 1 aliphatic rings. The number of aliphatic hydroxyl groups is 1. The van der Waals surface area contributed by atoms with E-state index in [-0.39, 0.29) is 35.9 Å². The monoisotopic (exact) mass is 556 g/mol. The topological polar surface area (TPSA) is 69.1 Å². The molecule has 6 nitrogen and oxygen atoms in total. The van der Waals surface area contributed by atoms with Crippen molar-refractivity contribution in [2.45, 2.75) is 39.0 Å². The Bertz CT molecular complexity index is 830. The Morgan fingerprint density at radius 2 is 1.88 bits per heavy atom. The Morgan fingerprint density at radius 1 is 1.12 bits per heavy atom. The van der Waals surface area contributed by atoms with Crippen LogP contribution in [0.25, 0.3) is 0 Å². The van der Waals surface area contributed by atoms with Gasteiger partial charge in [0.15, 0.2) is 5.96 Å². The summed E-state index contributed by atoms with van der Waals surface area (Å²) < 4.78 is 20.3. The Balaban J connectivity index is 0.00000363. The van der Waals surface area contributed by atoms with Gasteiger partial charge in [-0.25, -0.2) is 9.38 Å². The van der Waals surface area contributed by atoms with Gasteiger partial charge < -0.3 is 25.4 Å². The van der Waals surface area contributed by atoms with Crippen LogP contribution in [0.15, 0.2) is 53.5 Å². The molecule has 3 rings (SSSR count). The van der Waals surface area contributed by atoms with Gasteiger partial charge in [0.25, 0.3) is 0 Å². The van der Waals surface area contributed by atoms with Crippen molar-refractivity contribution in [1.82, 2.24) is 10.6 Å². The van der Waals surface area contributed by atoms with Crippen molar-refractivity contribution in [1.29, 1.82) is 0 Å². The van der Waals surface area contributed by atoms with E-state index >= 15 is 0 Å². The summed E-state index contributed by atoms with van der Waals surface area (Å²) in [5.41, 5.74) is 2.56. The predicted octanol–water partition coefficient (Wildman–Crippen LogP) is 3.68. The first-order valence-corrected chi connectivity index (χ1v) is 11.0. The van der Waals surface area contributed by atoms with Gasteiger partial charge in [-0.15, -0.1) is 24.0 Å². The molecule has 0 bridgehead atoms. The summed E-state index contributed by atoms with van der Waals surface area (Å²) in [4.78, 5) is 6.55. The third-order valence-electron chi connectivity index (χ3n) is 5.23. The maximum Gasteiger partial charge on any atom is 0.191 e. The molecule has 0 aromatic heterocycles. The molecular weight excluding hydrogens is 522 g/mol. The van der Waals surface area contributed by atoms with Crippen molar-refractivity contribution in [2.24, 2.45) is 4.99 Å². The largest absolute Gasteiger partial charge is 0.393 e. The van der Waals surface area contributed by atoms with Crippen LogP contribution < -0.4 is 15.5 Å². The normalized spacial score (nSPS) is 14.7. The van der Waals surface area contributed by atoms with Gasteiger partial charge in [-0.05, 0) is 43.0 Å². The van der Waals surface area contributed by atoms with E-state index in [4.69, 9.17) is 4.74 Å². The summed E-state index contributed by atoms with van der Waals surface area (Å²) in [6.07, 6.45) is 1.09. The zero-order valence-electron chi connectivity index (χ0n) is 18.6. The number of hydrogen-bond donors (Lipinski definition) is 3. The maximum atomic E-state index is 14.6. The highest BCUT2D eigenvalue weighted by atomic mass is 127. The molecule has 1 fully saturated rings. The van der Waals surface area contributed by atoms with E-state index in [2.05, 4.69) is 15.6 Å². The third-order valence-corrected chi connectivity index (χ3v) is 5.23. The molecule has 32 heavy (non-hydrogen) atoms. The molecule has 2 aromatic carbocycles. The minimum atomic E-state index is -0.270. The van der Waals surface area contributed by atoms with Crippen molar-refractivity contribution < 1.29 is 14.2 Å². The Kier molecular flexibility index (Phi) is 11.8. The van der Waals surface area contributed by atoms with E-state index in [0.29, 0.717) is 63.9 Å². The quantitative estimate of drug-likeness (QED) is 0.190. The van der Waals surface area contributed by atoms with Gasteiger partial charge in [0.05, 0.1) is 31.5 Å². The molecule has 0 saturated carbocycles. The molecule has 0 spiro atoms. The molecule has 0 atom stereocenters. The van der Waals surface area contributed by atoms with Crippen LogP contribution in [-0.4, -0.2) is 50.0 Å². The summed E-state index contributed by atoms with van der Waals surface area (Å²) in [6.45, 7) is 6.26. The number of ether oxygens (including phenoxy) is 1. The molecule has 176 valence electrons. The van der Waals surface area contributed by atoms with Crippen LogP contribution in [0.5, 0.6) is 0 Å². The number of benzene rings is 2. The highest BCUT2D eigenvalue weighted by Gasteiger charge is 2.19. The number of nitrogens with zero attached hydrogens (tertiary/aromatic N) is 2. The molecule has 1 saturated heterocycles. The number of nitrogens with one attached hydrogen (secondary N) is 2. The average Bonchev–Trinajstić information content (AvgIpc) is 2.79. The molecule has 0 radical (unpaired) electrons. The molecule has 1 heterocycles. The first kappa shape index (κ1) is 26.3. The Morgan fingerprint density at radius 3 is 2.56 bits per heavy atom. The second-order valence-electron chi connectivity index (χ2n) is 7.66. The summed E-state index contributed by atoms with van der Waals surface area (Å²) in [5, 5.41) is 16.1. The predicted molar refractivity (Wildman–Crippen MR) is 138 cm³/mol. The minimum Gasteiger partial charge on any atom is -0.393 e. The molecule has 0 unspecified atom stereocenters. The lowest BCUT2D eigenvalue weighted by molar-refractivity contribution is 0.125. The molecule has 2 aromatic rings. The number of anilines is 1. The number of aliphatic hydroxyl groups excluding tert-OH is 1. The highest BCUT2D eigenvalue weighted by Crippen LogP contribution is 2.24. The van der Waals surface area contributed by atoms with E-state index in [9.17, 15) is 9.50 Å². The summed E-state index contributed by atoms with van der Waals surface area (Å²) in [7, 11) is 0. The smallest absolute Gasteiger partial charge is 0.191 e. The van der Waals surface area contributed by atoms with E-state index < -0.39 is 0 Å². The highest BCUT2D eigenvalue weighted by molar-refractivity contribution is 14.0. The molecule has 0 aliphatic carbocycles. The first-order chi connectivity index (χ1) is 15.2. The van der Waals surface area contributed by atoms with Gasteiger partial charge in [-0.3, -0.25) is 0 Å². The van der Waals surface area contributed by atoms with E-state index in [1.807, 2.05) is 54.3 Å². The first-order valence-electron chi connectivity index (χ1n) is 11.0. The average molecular weight is 556 g/mol. The van der Waals surface area contributed by atoms with Gasteiger partial charge in [0, 0.05) is 26.2 Å². The van der Waals surface area contributed by atoms with Crippen molar-refractivity contribution in [2.75, 3.05) is 37.7 Å². The Labute approximate surface area is 207 Å². The van der Waals surface area contributed by atoms with Gasteiger partial charge in [0.1, 0.15) is 5.82 Å². The van der Waals surface area contributed by atoms with Crippen LogP contribution in [0.4, 0.5) is 10.1 Å². The standard InChI is InChI=1S/C24H33FN4O2.HI/c1-2-26-24(27-12-15-31-18-19-6-4-3-5-7-19)28-17-20-8-9-23(22(25)16-20)29-13-10-21(30)11-14-29;/h3-9,16,21,30H,2,10-15,17-18H2,1H3,(H2,26,27,28);1H. The lowest BCUT2D eigenvalue weighted by atomic mass is 10.1.